The first-order valence-corrected chi connectivity index (χ1v) is 5.24. The van der Waals surface area contributed by atoms with Gasteiger partial charge in [0.25, 0.3) is 0 Å². The minimum atomic E-state index is 0.00273. The number of rotatable bonds is 3. The Balaban J connectivity index is 2.10. The maximum Gasteiger partial charge on any atom is 0.0946 e. The third-order valence-corrected chi connectivity index (χ3v) is 2.94. The number of thiazole rings is 1. The molecule has 2 N–H and O–H groups in total. The predicted octanol–water partition coefficient (Wildman–Crippen LogP) is 1.12. The molecular formula is C9H12N4S. The van der Waals surface area contributed by atoms with Crippen molar-refractivity contribution in [2.24, 2.45) is 12.8 Å². The summed E-state index contributed by atoms with van der Waals surface area (Å²) < 4.78 is 1.95. The summed E-state index contributed by atoms with van der Waals surface area (Å²) in [7, 11) is 1.95. The number of nitrogens with two attached hydrogens (primary N) is 1. The highest BCUT2D eigenvalue weighted by Gasteiger charge is 2.11. The minimum absolute atomic E-state index is 0.00273. The van der Waals surface area contributed by atoms with Crippen molar-refractivity contribution in [2.45, 2.75) is 12.5 Å². The van der Waals surface area contributed by atoms with Crippen LogP contribution in [0.4, 0.5) is 0 Å². The first-order valence-electron chi connectivity index (χ1n) is 4.36. The second-order valence-corrected chi connectivity index (χ2v) is 4.18. The summed E-state index contributed by atoms with van der Waals surface area (Å²) in [4.78, 5) is 9.27. The van der Waals surface area contributed by atoms with Gasteiger partial charge in [0.2, 0.25) is 0 Å². The van der Waals surface area contributed by atoms with Crippen LogP contribution in [0.15, 0.2) is 24.2 Å². The molecular weight excluding hydrogens is 196 g/mol. The van der Waals surface area contributed by atoms with E-state index in [1.54, 1.807) is 17.7 Å². The summed E-state index contributed by atoms with van der Waals surface area (Å²) >= 11 is 1.63. The van der Waals surface area contributed by atoms with Crippen molar-refractivity contribution in [3.63, 3.8) is 0 Å². The topological polar surface area (TPSA) is 56.7 Å². The fourth-order valence-corrected chi connectivity index (χ4v) is 2.04. The first kappa shape index (κ1) is 9.36. The zero-order chi connectivity index (χ0) is 9.97. The second kappa shape index (κ2) is 3.89. The molecule has 5 heteroatoms. The number of hydrogen-bond acceptors (Lipinski definition) is 4. The molecule has 0 aliphatic carbocycles. The van der Waals surface area contributed by atoms with Gasteiger partial charge in [-0.25, -0.2) is 4.98 Å². The van der Waals surface area contributed by atoms with Gasteiger partial charge in [0.1, 0.15) is 0 Å². The molecule has 0 aliphatic heterocycles. The van der Waals surface area contributed by atoms with Crippen LogP contribution in [0.25, 0.3) is 0 Å². The molecule has 0 aromatic carbocycles. The molecule has 1 unspecified atom stereocenters. The smallest absolute Gasteiger partial charge is 0.0946 e. The fourth-order valence-electron chi connectivity index (χ4n) is 1.39. The Labute approximate surface area is 86.4 Å². The first-order chi connectivity index (χ1) is 6.77. The van der Waals surface area contributed by atoms with Crippen molar-refractivity contribution in [3.8, 4) is 0 Å². The third-order valence-electron chi connectivity index (χ3n) is 2.14. The Morgan fingerprint density at radius 1 is 1.50 bits per heavy atom. The third kappa shape index (κ3) is 1.83. The van der Waals surface area contributed by atoms with Crippen LogP contribution in [0.3, 0.4) is 0 Å². The number of nitrogens with zero attached hydrogens (tertiary/aromatic N) is 3. The fraction of sp³-hybridized carbons (Fsp3) is 0.333. The Bertz CT molecular complexity index is 393. The van der Waals surface area contributed by atoms with Crippen LogP contribution in [0.5, 0.6) is 0 Å². The van der Waals surface area contributed by atoms with E-state index in [9.17, 15) is 0 Å². The van der Waals surface area contributed by atoms with Crippen LogP contribution < -0.4 is 5.73 Å². The Morgan fingerprint density at radius 3 is 2.93 bits per heavy atom. The molecule has 0 amide bonds. The molecule has 0 bridgehead atoms. The van der Waals surface area contributed by atoms with Gasteiger partial charge < -0.3 is 10.3 Å². The molecule has 0 aliphatic rings. The standard InChI is InChI=1S/C9H12N4S/c1-13-5-11-4-9(13)8(10)2-7-3-12-6-14-7/h3-6,8H,2,10H2,1H3. The molecule has 0 spiro atoms. The number of hydrogen-bond donors (Lipinski definition) is 1. The molecule has 0 radical (unpaired) electrons. The molecule has 4 nitrogen and oxygen atoms in total. The van der Waals surface area contributed by atoms with Crippen LogP contribution in [0, 0.1) is 0 Å². The van der Waals surface area contributed by atoms with Crippen LogP contribution in [0.1, 0.15) is 16.6 Å². The summed E-state index contributed by atoms with van der Waals surface area (Å²) in [5.41, 5.74) is 8.93. The van der Waals surface area contributed by atoms with Crippen LogP contribution in [0.2, 0.25) is 0 Å². The predicted molar refractivity (Wildman–Crippen MR) is 56.0 cm³/mol. The Kier molecular flexibility index (Phi) is 2.60. The van der Waals surface area contributed by atoms with E-state index in [0.717, 1.165) is 12.1 Å². The average Bonchev–Trinajstić information content (AvgIpc) is 2.75. The van der Waals surface area contributed by atoms with Gasteiger partial charge in [0, 0.05) is 30.7 Å². The van der Waals surface area contributed by atoms with Gasteiger partial charge in [0.05, 0.1) is 23.6 Å². The van der Waals surface area contributed by atoms with Gasteiger partial charge >= 0.3 is 0 Å². The Morgan fingerprint density at radius 2 is 2.36 bits per heavy atom. The highest BCUT2D eigenvalue weighted by atomic mass is 32.1. The highest BCUT2D eigenvalue weighted by molar-refractivity contribution is 7.09. The molecule has 1 atom stereocenters. The molecule has 14 heavy (non-hydrogen) atoms. The van der Waals surface area contributed by atoms with Gasteiger partial charge in [0.15, 0.2) is 0 Å². The molecule has 2 rings (SSSR count). The van der Waals surface area contributed by atoms with Gasteiger partial charge in [-0.15, -0.1) is 11.3 Å². The normalized spacial score (nSPS) is 13.0. The summed E-state index contributed by atoms with van der Waals surface area (Å²) in [6.07, 6.45) is 6.26. The number of aryl methyl sites for hydroxylation is 1. The van der Waals surface area contributed by atoms with E-state index in [2.05, 4.69) is 9.97 Å². The van der Waals surface area contributed by atoms with E-state index < -0.39 is 0 Å². The largest absolute Gasteiger partial charge is 0.336 e. The quantitative estimate of drug-likeness (QED) is 0.822. The van der Waals surface area contributed by atoms with Crippen molar-refractivity contribution in [1.29, 1.82) is 0 Å². The van der Waals surface area contributed by atoms with Crippen molar-refractivity contribution in [1.82, 2.24) is 14.5 Å². The van der Waals surface area contributed by atoms with E-state index in [1.807, 2.05) is 29.5 Å². The monoisotopic (exact) mass is 208 g/mol. The van der Waals surface area contributed by atoms with Crippen molar-refractivity contribution in [2.75, 3.05) is 0 Å². The molecule has 2 aromatic heterocycles. The summed E-state index contributed by atoms with van der Waals surface area (Å²) in [6, 6.07) is 0.00273. The van der Waals surface area contributed by atoms with E-state index in [-0.39, 0.29) is 6.04 Å². The lowest BCUT2D eigenvalue weighted by atomic mass is 10.1. The van der Waals surface area contributed by atoms with Crippen molar-refractivity contribution < 1.29 is 0 Å². The van der Waals surface area contributed by atoms with Gasteiger partial charge in [-0.1, -0.05) is 0 Å². The molecule has 0 fully saturated rings. The molecule has 2 heterocycles. The number of aromatic nitrogens is 3. The van der Waals surface area contributed by atoms with Crippen molar-refractivity contribution >= 4 is 11.3 Å². The summed E-state index contributed by atoms with van der Waals surface area (Å²) in [5, 5.41) is 0. The highest BCUT2D eigenvalue weighted by Crippen LogP contribution is 2.17. The zero-order valence-corrected chi connectivity index (χ0v) is 8.74. The van der Waals surface area contributed by atoms with E-state index in [4.69, 9.17) is 5.73 Å². The van der Waals surface area contributed by atoms with E-state index in [0.29, 0.717) is 0 Å². The lowest BCUT2D eigenvalue weighted by Gasteiger charge is -2.10. The van der Waals surface area contributed by atoms with Gasteiger partial charge in [-0.3, -0.25) is 4.98 Å². The summed E-state index contributed by atoms with van der Waals surface area (Å²) in [5.74, 6) is 0. The molecule has 74 valence electrons. The van der Waals surface area contributed by atoms with Gasteiger partial charge in [-0.2, -0.15) is 0 Å². The summed E-state index contributed by atoms with van der Waals surface area (Å²) in [6.45, 7) is 0. The lowest BCUT2D eigenvalue weighted by Crippen LogP contribution is -2.15. The van der Waals surface area contributed by atoms with Crippen molar-refractivity contribution in [3.05, 3.63) is 34.8 Å². The maximum absolute atomic E-state index is 6.05. The van der Waals surface area contributed by atoms with Crippen LogP contribution in [-0.2, 0) is 13.5 Å². The minimum Gasteiger partial charge on any atom is -0.336 e. The molecule has 0 saturated heterocycles. The van der Waals surface area contributed by atoms with Crippen LogP contribution >= 0.6 is 11.3 Å². The number of imidazole rings is 1. The average molecular weight is 208 g/mol. The maximum atomic E-state index is 6.05. The van der Waals surface area contributed by atoms with Crippen LogP contribution in [-0.4, -0.2) is 14.5 Å². The zero-order valence-electron chi connectivity index (χ0n) is 7.92. The second-order valence-electron chi connectivity index (χ2n) is 3.21. The molecule has 0 saturated carbocycles. The van der Waals surface area contributed by atoms with Gasteiger partial charge in [-0.05, 0) is 0 Å². The van der Waals surface area contributed by atoms with E-state index in [1.165, 1.54) is 4.88 Å². The molecule has 2 aromatic rings. The SMILES string of the molecule is Cn1cncc1C(N)Cc1cncs1. The Hall–Kier alpha value is -1.20. The lowest BCUT2D eigenvalue weighted by molar-refractivity contribution is 0.660. The van der Waals surface area contributed by atoms with E-state index >= 15 is 0 Å².